The van der Waals surface area contributed by atoms with E-state index in [9.17, 15) is 58.8 Å². The molecule has 0 radical (unpaired) electrons. The number of ketones is 1. The van der Waals surface area contributed by atoms with E-state index in [1.807, 2.05) is 0 Å². The number of thiazole rings is 1. The average Bonchev–Trinajstić information content (AvgIpc) is 3.79. The number of carboxylic acid groups (broad SMARTS) is 2. The molecule has 6 amide bonds. The minimum atomic E-state index is -2.06. The van der Waals surface area contributed by atoms with Gasteiger partial charge in [0.2, 0.25) is 22.3 Å². The first-order valence-corrected chi connectivity index (χ1v) is 18.7. The number of fused-ring (bicyclic) bond motifs is 1. The molecule has 4 heterocycles. The second-order valence-electron chi connectivity index (χ2n) is 12.6. The number of thioether (sulfide) groups is 1. The monoisotopic (exact) mass is 857 g/mol. The Hall–Kier alpha value is -5.59. The number of halogens is 2. The molecule has 56 heavy (non-hydrogen) atoms. The second-order valence-corrected chi connectivity index (χ2v) is 16.0. The van der Waals surface area contributed by atoms with Crippen molar-refractivity contribution in [1.82, 2.24) is 35.9 Å². The van der Waals surface area contributed by atoms with Gasteiger partial charge >= 0.3 is 18.0 Å². The number of carbonyl (C=O) groups excluding carboxylic acids is 6. The summed E-state index contributed by atoms with van der Waals surface area (Å²) in [5.41, 5.74) is 5.13. The van der Waals surface area contributed by atoms with Crippen LogP contribution in [0.3, 0.4) is 0 Å². The molecule has 1 aliphatic carbocycles. The Labute approximate surface area is 331 Å². The van der Waals surface area contributed by atoms with E-state index in [2.05, 4.69) is 26.2 Å². The number of benzene rings is 1. The lowest BCUT2D eigenvalue weighted by atomic mass is 9.80. The number of oxime groups is 1. The van der Waals surface area contributed by atoms with Crippen molar-refractivity contribution < 1.29 is 63.6 Å². The Balaban J connectivity index is 1.07. The Morgan fingerprint density at radius 1 is 1.05 bits per heavy atom. The molecule has 9 N–H and O–H groups in total. The number of phenolic OH excluding ortho intramolecular Hbond substituents is 2. The van der Waals surface area contributed by atoms with Gasteiger partial charge in [-0.05, 0) is 18.6 Å². The molecule has 2 aromatic rings. The summed E-state index contributed by atoms with van der Waals surface area (Å²) in [4.78, 5) is 112. The number of hydrogen-bond acceptors (Lipinski definition) is 16. The first kappa shape index (κ1) is 40.1. The fourth-order valence-corrected chi connectivity index (χ4v) is 8.86. The van der Waals surface area contributed by atoms with Crippen molar-refractivity contribution in [3.8, 4) is 11.5 Å². The first-order valence-electron chi connectivity index (χ1n) is 16.3. The standard InChI is InChI=1S/C30H29Cl2N9O13S2/c31-14-11(2-3-12(42)19(14)45)18(44)22(47)34-7-4-13(43)37-41-9-8-40(28(41)53)30(26(51)52)10-39-23(48)17(24(39)56-30)35-21(46)16(15-20(32)55-27(33)36-15)38-54-29(25(49)50)5-1-6-29/h2-3,17,24,42,45H,1,4-10H2,(H2,33,36)(H,34,47)(H,35,46)(H,37,43)(H,49,50)(H,51,52)/b38-16-/t17?,24-,30-/m1/s1. The van der Waals surface area contributed by atoms with E-state index in [0.717, 1.165) is 38.3 Å². The summed E-state index contributed by atoms with van der Waals surface area (Å²) >= 11 is 13.5. The largest absolute Gasteiger partial charge is 0.504 e. The Kier molecular flexibility index (Phi) is 10.8. The molecule has 298 valence electrons. The van der Waals surface area contributed by atoms with Gasteiger partial charge in [-0.25, -0.2) is 24.4 Å². The summed E-state index contributed by atoms with van der Waals surface area (Å²) in [5, 5.41) is 46.9. The highest BCUT2D eigenvalue weighted by Crippen LogP contribution is 2.49. The van der Waals surface area contributed by atoms with Crippen molar-refractivity contribution >= 4 is 105 Å². The number of hydrogen-bond donors (Lipinski definition) is 8. The van der Waals surface area contributed by atoms with E-state index >= 15 is 0 Å². The van der Waals surface area contributed by atoms with E-state index in [1.54, 1.807) is 0 Å². The Bertz CT molecular complexity index is 2120. The predicted molar refractivity (Wildman–Crippen MR) is 192 cm³/mol. The van der Waals surface area contributed by atoms with Crippen LogP contribution in [0.1, 0.15) is 41.7 Å². The van der Waals surface area contributed by atoms with Crippen molar-refractivity contribution in [2.24, 2.45) is 5.16 Å². The highest BCUT2D eigenvalue weighted by Gasteiger charge is 2.66. The van der Waals surface area contributed by atoms with Crippen molar-refractivity contribution in [2.45, 2.75) is 47.6 Å². The second kappa shape index (κ2) is 15.2. The number of nitrogens with zero attached hydrogens (tertiary/aromatic N) is 5. The van der Waals surface area contributed by atoms with Crippen molar-refractivity contribution in [2.75, 3.05) is 31.9 Å². The molecule has 4 aliphatic rings. The number of aliphatic carboxylic acids is 2. The number of nitrogens with one attached hydrogen (secondary N) is 3. The van der Waals surface area contributed by atoms with Gasteiger partial charge in [-0.15, -0.1) is 0 Å². The summed E-state index contributed by atoms with van der Waals surface area (Å²) in [6, 6.07) is -0.295. The van der Waals surface area contributed by atoms with E-state index in [1.165, 1.54) is 0 Å². The maximum Gasteiger partial charge on any atom is 0.350 e. The smallest absolute Gasteiger partial charge is 0.350 e. The van der Waals surface area contributed by atoms with Crippen molar-refractivity contribution in [3.05, 3.63) is 32.7 Å². The molecule has 1 saturated carbocycles. The van der Waals surface area contributed by atoms with Gasteiger partial charge in [0.25, 0.3) is 17.6 Å². The lowest BCUT2D eigenvalue weighted by Gasteiger charge is -2.41. The van der Waals surface area contributed by atoms with E-state index in [0.29, 0.717) is 18.2 Å². The predicted octanol–water partition coefficient (Wildman–Crippen LogP) is -0.490. The molecule has 3 aliphatic heterocycles. The van der Waals surface area contributed by atoms with Gasteiger partial charge in [0.05, 0.1) is 23.7 Å². The van der Waals surface area contributed by atoms with Crippen LogP contribution in [-0.4, -0.2) is 141 Å². The number of phenols is 2. The van der Waals surface area contributed by atoms with Gasteiger partial charge in [0.1, 0.15) is 21.4 Å². The van der Waals surface area contributed by atoms with Crippen LogP contribution in [-0.2, 0) is 33.6 Å². The number of β-lactam (4-membered cyclic amide) rings is 1. The van der Waals surface area contributed by atoms with Crippen molar-refractivity contribution in [3.63, 3.8) is 0 Å². The molecule has 22 nitrogen and oxygen atoms in total. The maximum atomic E-state index is 13.6. The van der Waals surface area contributed by atoms with Gasteiger partial charge in [-0.2, -0.15) is 0 Å². The molecular weight excluding hydrogens is 829 g/mol. The zero-order chi connectivity index (χ0) is 40.9. The van der Waals surface area contributed by atoms with Crippen LogP contribution in [0, 0.1) is 0 Å². The van der Waals surface area contributed by atoms with Gasteiger partial charge < -0.3 is 46.5 Å². The third kappa shape index (κ3) is 7.03. The fourth-order valence-electron chi connectivity index (χ4n) is 6.05. The molecule has 26 heteroatoms. The van der Waals surface area contributed by atoms with Crippen LogP contribution in [0.4, 0.5) is 9.93 Å². The zero-order valence-electron chi connectivity index (χ0n) is 28.3. The molecule has 1 aromatic carbocycles. The van der Waals surface area contributed by atoms with Gasteiger partial charge in [0.15, 0.2) is 22.3 Å². The third-order valence-electron chi connectivity index (χ3n) is 9.26. The number of urea groups is 1. The molecule has 0 bridgehead atoms. The number of rotatable bonds is 14. The minimum Gasteiger partial charge on any atom is -0.504 e. The third-order valence-corrected chi connectivity index (χ3v) is 12.4. The summed E-state index contributed by atoms with van der Waals surface area (Å²) < 4.78 is -0.0819. The quantitative estimate of drug-likeness (QED) is 0.0297. The van der Waals surface area contributed by atoms with Crippen molar-refractivity contribution in [1.29, 1.82) is 0 Å². The summed E-state index contributed by atoms with van der Waals surface area (Å²) in [6.45, 7) is -1.26. The Morgan fingerprint density at radius 3 is 2.38 bits per heavy atom. The van der Waals surface area contributed by atoms with E-state index in [-0.39, 0.29) is 47.6 Å². The maximum absolute atomic E-state index is 13.6. The molecular formula is C30H29Cl2N9O13S2. The first-order chi connectivity index (χ1) is 26.4. The molecule has 6 rings (SSSR count). The van der Waals surface area contributed by atoms with E-state index < -0.39 is 110 Å². The molecule has 0 spiro atoms. The topological polar surface area (TPSA) is 324 Å². The van der Waals surface area contributed by atoms with Gasteiger partial charge in [-0.1, -0.05) is 51.5 Å². The lowest BCUT2D eigenvalue weighted by molar-refractivity contribution is -0.178. The van der Waals surface area contributed by atoms with Crippen LogP contribution < -0.4 is 21.8 Å². The molecule has 4 fully saturated rings. The number of nitrogen functional groups attached to an aromatic ring is 1. The summed E-state index contributed by atoms with van der Waals surface area (Å²) in [5.74, 6) is -9.11. The number of aromatic nitrogens is 1. The number of Topliss-reactive ketones (excluding diaryl/α,β-unsaturated/α-hetero) is 1. The summed E-state index contributed by atoms with van der Waals surface area (Å²) in [6.07, 6.45) is 0.324. The molecule has 1 unspecified atom stereocenters. The zero-order valence-corrected chi connectivity index (χ0v) is 31.5. The van der Waals surface area contributed by atoms with Crippen LogP contribution in [0.15, 0.2) is 17.3 Å². The lowest BCUT2D eigenvalue weighted by Crippen LogP contribution is -2.68. The number of aromatic hydroxyl groups is 2. The number of amides is 6. The number of carbonyl (C=O) groups is 8. The highest BCUT2D eigenvalue weighted by atomic mass is 35.5. The fraction of sp³-hybridized carbons (Fsp3) is 0.400. The normalized spacial score (nSPS) is 22.5. The minimum absolute atomic E-state index is 0.0513. The number of carboxylic acids is 2. The Morgan fingerprint density at radius 2 is 1.77 bits per heavy atom. The van der Waals surface area contributed by atoms with Gasteiger partial charge in [0, 0.05) is 32.4 Å². The van der Waals surface area contributed by atoms with Crippen LogP contribution in [0.25, 0.3) is 0 Å². The highest BCUT2D eigenvalue weighted by molar-refractivity contribution is 8.02. The number of nitrogens with two attached hydrogens (primary N) is 1. The molecule has 1 aromatic heterocycles. The average molecular weight is 859 g/mol. The summed E-state index contributed by atoms with van der Waals surface area (Å²) in [7, 11) is 0. The molecule has 3 saturated heterocycles. The number of anilines is 1. The van der Waals surface area contributed by atoms with Crippen LogP contribution >= 0.6 is 46.3 Å². The van der Waals surface area contributed by atoms with Gasteiger partial charge in [-0.3, -0.25) is 34.3 Å². The van der Waals surface area contributed by atoms with Crippen LogP contribution in [0.5, 0.6) is 11.5 Å². The van der Waals surface area contributed by atoms with Crippen LogP contribution in [0.2, 0.25) is 9.36 Å². The molecule has 3 atom stereocenters. The number of hydrazine groups is 1. The SMILES string of the molecule is Nc1nc(/C(=N/OC2(C(=O)O)CCC2)C(=O)NC2C(=O)N3C[C@@](C(=O)O)(N4CCN(NC(=O)CCNC(=O)C(=O)c5ccc(O)c(O)c5Cl)C4=O)S[C@H]23)c(Cl)s1. The van der Waals surface area contributed by atoms with E-state index in [4.69, 9.17) is 33.8 Å².